The van der Waals surface area contributed by atoms with Crippen molar-refractivity contribution in [2.24, 2.45) is 0 Å². The summed E-state index contributed by atoms with van der Waals surface area (Å²) in [6.45, 7) is 2.97. The van der Waals surface area contributed by atoms with E-state index >= 15 is 0 Å². The Balaban J connectivity index is 1.53. The highest BCUT2D eigenvalue weighted by atomic mass is 32.2. The van der Waals surface area contributed by atoms with Crippen LogP contribution >= 0.6 is 11.8 Å². The molecule has 0 saturated carbocycles. The minimum Gasteiger partial charge on any atom is -0.486 e. The number of thioether (sulfide) groups is 1. The molecule has 0 bridgehead atoms. The zero-order valence-corrected chi connectivity index (χ0v) is 14.5. The number of carbonyl (C=O) groups excluding carboxylic acids is 1. The Hall–Kier alpha value is -2.09. The number of amides is 1. The van der Waals surface area contributed by atoms with Crippen LogP contribution in [0.2, 0.25) is 0 Å². The second-order valence-electron chi connectivity index (χ2n) is 5.58. The Bertz CT molecular complexity index is 667. The molecule has 0 atom stereocenters. The van der Waals surface area contributed by atoms with E-state index < -0.39 is 0 Å². The molecule has 0 radical (unpaired) electrons. The van der Waals surface area contributed by atoms with E-state index in [1.807, 2.05) is 18.7 Å². The number of nitrogens with zero attached hydrogens (tertiary/aromatic N) is 4. The summed E-state index contributed by atoms with van der Waals surface area (Å²) in [5.41, 5.74) is 0.652. The summed E-state index contributed by atoms with van der Waals surface area (Å²) in [4.78, 5) is 12.3. The fraction of sp³-hybridized carbons (Fsp3) is 0.500. The first-order valence-corrected chi connectivity index (χ1v) is 9.28. The van der Waals surface area contributed by atoms with E-state index in [0.29, 0.717) is 36.3 Å². The molecule has 1 amide bonds. The van der Waals surface area contributed by atoms with Crippen LogP contribution in [0.4, 0.5) is 0 Å². The summed E-state index contributed by atoms with van der Waals surface area (Å²) >= 11 is 1.95. The van der Waals surface area contributed by atoms with Gasteiger partial charge >= 0.3 is 0 Å². The van der Waals surface area contributed by atoms with Crippen LogP contribution in [-0.4, -0.2) is 43.7 Å². The smallest absolute Gasteiger partial charge is 0.251 e. The van der Waals surface area contributed by atoms with Crippen LogP contribution in [0.25, 0.3) is 0 Å². The Labute approximate surface area is 145 Å². The molecule has 2 aromatic rings. The highest BCUT2D eigenvalue weighted by molar-refractivity contribution is 7.99. The van der Waals surface area contributed by atoms with Gasteiger partial charge in [-0.05, 0) is 66.0 Å². The first-order valence-electron chi connectivity index (χ1n) is 8.12. The zero-order chi connectivity index (χ0) is 16.8. The highest BCUT2D eigenvalue weighted by Gasteiger charge is 2.16. The molecule has 2 heterocycles. The minimum absolute atomic E-state index is 0.0200. The lowest BCUT2D eigenvalue weighted by molar-refractivity contribution is 0.0935. The molecule has 1 fully saturated rings. The number of hydrogen-bond donors (Lipinski definition) is 1. The first-order chi connectivity index (χ1) is 11.8. The van der Waals surface area contributed by atoms with Crippen molar-refractivity contribution in [2.75, 3.05) is 11.5 Å². The number of hydrogen-bond acceptors (Lipinski definition) is 6. The maximum atomic E-state index is 12.3. The Morgan fingerprint density at radius 2 is 2.08 bits per heavy atom. The van der Waals surface area contributed by atoms with Crippen molar-refractivity contribution in [2.45, 2.75) is 39.0 Å². The van der Waals surface area contributed by atoms with E-state index in [4.69, 9.17) is 4.74 Å². The Kier molecular flexibility index (Phi) is 5.68. The maximum Gasteiger partial charge on any atom is 0.251 e. The quantitative estimate of drug-likeness (QED) is 0.859. The molecular formula is C16H21N5O2S. The molecule has 128 valence electrons. The zero-order valence-electron chi connectivity index (χ0n) is 13.6. The molecule has 0 aliphatic carbocycles. The van der Waals surface area contributed by atoms with Crippen molar-refractivity contribution in [3.05, 3.63) is 35.7 Å². The molecule has 0 unspecified atom stereocenters. The van der Waals surface area contributed by atoms with Gasteiger partial charge in [0.1, 0.15) is 12.4 Å². The molecule has 8 heteroatoms. The molecule has 1 saturated heterocycles. The fourth-order valence-electron chi connectivity index (χ4n) is 2.53. The van der Waals surface area contributed by atoms with Crippen LogP contribution in [0, 0.1) is 0 Å². The number of aromatic nitrogens is 4. The summed E-state index contributed by atoms with van der Waals surface area (Å²) < 4.78 is 7.36. The lowest BCUT2D eigenvalue weighted by Gasteiger charge is -2.22. The molecule has 7 nitrogen and oxygen atoms in total. The van der Waals surface area contributed by atoms with Gasteiger partial charge in [-0.3, -0.25) is 4.79 Å². The monoisotopic (exact) mass is 347 g/mol. The van der Waals surface area contributed by atoms with E-state index in [1.54, 1.807) is 28.9 Å². The number of benzene rings is 1. The number of ether oxygens (including phenoxy) is 1. The summed E-state index contributed by atoms with van der Waals surface area (Å²) in [7, 11) is 0. The van der Waals surface area contributed by atoms with E-state index in [-0.39, 0.29) is 5.91 Å². The molecule has 1 aliphatic heterocycles. The minimum atomic E-state index is -0.0200. The first kappa shape index (κ1) is 16.8. The molecule has 1 N–H and O–H groups in total. The average Bonchev–Trinajstić information content (AvgIpc) is 3.09. The summed E-state index contributed by atoms with van der Waals surface area (Å²) in [5, 5.41) is 14.5. The van der Waals surface area contributed by atoms with Gasteiger partial charge in [0.2, 0.25) is 0 Å². The van der Waals surface area contributed by atoms with Crippen molar-refractivity contribution in [1.82, 2.24) is 25.5 Å². The van der Waals surface area contributed by atoms with Gasteiger partial charge in [0, 0.05) is 18.2 Å². The van der Waals surface area contributed by atoms with Crippen molar-refractivity contribution in [1.29, 1.82) is 0 Å². The van der Waals surface area contributed by atoms with Gasteiger partial charge in [0.05, 0.1) is 0 Å². The second-order valence-corrected chi connectivity index (χ2v) is 6.81. The lowest BCUT2D eigenvalue weighted by Crippen LogP contribution is -2.37. The third-order valence-electron chi connectivity index (χ3n) is 3.95. The van der Waals surface area contributed by atoms with Gasteiger partial charge in [-0.25, -0.2) is 4.68 Å². The average molecular weight is 347 g/mol. The Morgan fingerprint density at radius 1 is 1.33 bits per heavy atom. The number of rotatable bonds is 6. The van der Waals surface area contributed by atoms with Crippen LogP contribution in [0.15, 0.2) is 24.3 Å². The third kappa shape index (κ3) is 4.25. The van der Waals surface area contributed by atoms with E-state index in [0.717, 1.165) is 24.3 Å². The van der Waals surface area contributed by atoms with E-state index in [2.05, 4.69) is 20.8 Å². The van der Waals surface area contributed by atoms with Crippen LogP contribution < -0.4 is 10.1 Å². The van der Waals surface area contributed by atoms with E-state index in [9.17, 15) is 4.79 Å². The number of nitrogens with one attached hydrogen (secondary N) is 1. The predicted octanol–water partition coefficient (Wildman–Crippen LogP) is 1.90. The van der Waals surface area contributed by atoms with Crippen molar-refractivity contribution in [3.63, 3.8) is 0 Å². The summed E-state index contributed by atoms with van der Waals surface area (Å²) in [6, 6.07) is 7.45. The van der Waals surface area contributed by atoms with Gasteiger partial charge < -0.3 is 10.1 Å². The molecular weight excluding hydrogens is 326 g/mol. The van der Waals surface area contributed by atoms with Crippen LogP contribution in [0.3, 0.4) is 0 Å². The molecule has 1 aromatic carbocycles. The van der Waals surface area contributed by atoms with Gasteiger partial charge in [-0.1, -0.05) is 0 Å². The predicted molar refractivity (Wildman–Crippen MR) is 92.1 cm³/mol. The summed E-state index contributed by atoms with van der Waals surface area (Å²) in [5.74, 6) is 3.58. The largest absolute Gasteiger partial charge is 0.486 e. The normalized spacial score (nSPS) is 15.2. The standard InChI is InChI=1S/C16H21N5O2S/c1-2-21-15(18-19-20-21)11-23-14-5-3-12(4-6-14)16(22)17-13-7-9-24-10-8-13/h3-6,13H,2,7-11H2,1H3,(H,17,22). The van der Waals surface area contributed by atoms with Crippen molar-refractivity contribution < 1.29 is 9.53 Å². The highest BCUT2D eigenvalue weighted by Crippen LogP contribution is 2.18. The second kappa shape index (κ2) is 8.14. The third-order valence-corrected chi connectivity index (χ3v) is 5.00. The van der Waals surface area contributed by atoms with Gasteiger partial charge in [0.25, 0.3) is 5.91 Å². The van der Waals surface area contributed by atoms with Crippen molar-refractivity contribution in [3.8, 4) is 5.75 Å². The Morgan fingerprint density at radius 3 is 2.79 bits per heavy atom. The van der Waals surface area contributed by atoms with Crippen LogP contribution in [0.1, 0.15) is 35.9 Å². The van der Waals surface area contributed by atoms with Gasteiger partial charge in [-0.15, -0.1) is 5.10 Å². The molecule has 3 rings (SSSR count). The molecule has 0 spiro atoms. The van der Waals surface area contributed by atoms with Crippen LogP contribution in [-0.2, 0) is 13.2 Å². The van der Waals surface area contributed by atoms with Crippen LogP contribution in [0.5, 0.6) is 5.75 Å². The number of aryl methyl sites for hydroxylation is 1. The fourth-order valence-corrected chi connectivity index (χ4v) is 3.64. The van der Waals surface area contributed by atoms with Gasteiger partial charge in [-0.2, -0.15) is 11.8 Å². The summed E-state index contributed by atoms with van der Waals surface area (Å²) in [6.07, 6.45) is 2.09. The maximum absolute atomic E-state index is 12.3. The molecule has 1 aromatic heterocycles. The van der Waals surface area contributed by atoms with Gasteiger partial charge in [0.15, 0.2) is 5.82 Å². The lowest BCUT2D eigenvalue weighted by atomic mass is 10.1. The van der Waals surface area contributed by atoms with Crippen molar-refractivity contribution >= 4 is 17.7 Å². The topological polar surface area (TPSA) is 81.9 Å². The number of carbonyl (C=O) groups is 1. The number of tetrazole rings is 1. The van der Waals surface area contributed by atoms with E-state index in [1.165, 1.54) is 0 Å². The molecule has 24 heavy (non-hydrogen) atoms. The SMILES string of the molecule is CCn1nnnc1COc1ccc(C(=O)NC2CCSCC2)cc1. The molecule has 1 aliphatic rings.